The fourth-order valence-electron chi connectivity index (χ4n) is 2.72. The molecule has 1 N–H and O–H groups in total. The van der Waals surface area contributed by atoms with Gasteiger partial charge in [-0.2, -0.15) is 0 Å². The average Bonchev–Trinajstić information content (AvgIpc) is 2.35. The quantitative estimate of drug-likeness (QED) is 0.303. The van der Waals surface area contributed by atoms with Gasteiger partial charge in [0.1, 0.15) is 11.6 Å². The Morgan fingerprint density at radius 1 is 0.864 bits per heavy atom. The van der Waals surface area contributed by atoms with Crippen LogP contribution in [-0.2, 0) is 24.3 Å². The van der Waals surface area contributed by atoms with E-state index in [1.165, 1.54) is 6.16 Å². The second-order valence-electron chi connectivity index (χ2n) is 6.79. The van der Waals surface area contributed by atoms with Crippen molar-refractivity contribution in [3.8, 4) is 0 Å². The van der Waals surface area contributed by atoms with E-state index in [2.05, 4.69) is 66.6 Å². The number of hydrogen-bond acceptors (Lipinski definition) is 2. The maximum absolute atomic E-state index is 11.2. The molecular formula is C17H35NOP2Ru. The van der Waals surface area contributed by atoms with Crippen molar-refractivity contribution >= 4 is 21.8 Å². The molecule has 0 saturated carbocycles. The van der Waals surface area contributed by atoms with Crippen molar-refractivity contribution in [1.82, 2.24) is 5.32 Å². The molecule has 5 heteroatoms. The molecule has 0 aliphatic rings. The first kappa shape index (κ1) is 25.0. The van der Waals surface area contributed by atoms with Crippen LogP contribution in [0.25, 0.3) is 0 Å². The SMILES string of the molecule is CC(C)P(CCNC(=C=O)CP(C(C)C)C(C)C)C(C)C.[Ru]. The van der Waals surface area contributed by atoms with Gasteiger partial charge in [-0.25, -0.2) is 4.79 Å². The molecule has 22 heavy (non-hydrogen) atoms. The molecule has 0 radical (unpaired) electrons. The third kappa shape index (κ3) is 9.78. The summed E-state index contributed by atoms with van der Waals surface area (Å²) in [6, 6.07) is 0. The molecule has 0 spiro atoms. The first-order valence-electron chi connectivity index (χ1n) is 8.20. The largest absolute Gasteiger partial charge is 0.379 e. The molecule has 0 heterocycles. The van der Waals surface area contributed by atoms with Crippen molar-refractivity contribution < 1.29 is 24.3 Å². The van der Waals surface area contributed by atoms with E-state index in [0.717, 1.165) is 29.7 Å². The van der Waals surface area contributed by atoms with Gasteiger partial charge in [0.15, 0.2) is 0 Å². The Bertz CT molecular complexity index is 324. The number of carbonyl (C=O) groups excluding carboxylic acids is 1. The summed E-state index contributed by atoms with van der Waals surface area (Å²) >= 11 is 0. The monoisotopic (exact) mass is 433 g/mol. The maximum Gasteiger partial charge on any atom is 0.145 e. The minimum absolute atomic E-state index is 0. The summed E-state index contributed by atoms with van der Waals surface area (Å²) in [7, 11) is -0.0973. The molecule has 0 unspecified atom stereocenters. The van der Waals surface area contributed by atoms with E-state index >= 15 is 0 Å². The van der Waals surface area contributed by atoms with Gasteiger partial charge in [0.25, 0.3) is 0 Å². The van der Waals surface area contributed by atoms with Gasteiger partial charge in [0, 0.05) is 32.2 Å². The van der Waals surface area contributed by atoms with E-state index in [-0.39, 0.29) is 35.3 Å². The summed E-state index contributed by atoms with van der Waals surface area (Å²) in [6.45, 7) is 19.3. The summed E-state index contributed by atoms with van der Waals surface area (Å²) in [5.74, 6) is 2.15. The molecule has 0 saturated heterocycles. The molecule has 0 amide bonds. The summed E-state index contributed by atoms with van der Waals surface area (Å²) in [5, 5.41) is 3.38. The molecule has 2 nitrogen and oxygen atoms in total. The van der Waals surface area contributed by atoms with Crippen LogP contribution in [0.15, 0.2) is 5.70 Å². The Hall–Kier alpha value is 0.733. The van der Waals surface area contributed by atoms with Crippen LogP contribution in [0, 0.1) is 0 Å². The van der Waals surface area contributed by atoms with Gasteiger partial charge in [0.2, 0.25) is 0 Å². The zero-order valence-electron chi connectivity index (χ0n) is 15.6. The molecule has 0 aromatic carbocycles. The molecule has 0 aliphatic heterocycles. The van der Waals surface area contributed by atoms with Crippen LogP contribution in [0.5, 0.6) is 0 Å². The maximum atomic E-state index is 11.2. The van der Waals surface area contributed by atoms with Gasteiger partial charge < -0.3 is 5.32 Å². The minimum atomic E-state index is -0.137. The van der Waals surface area contributed by atoms with Gasteiger partial charge in [-0.1, -0.05) is 71.2 Å². The number of nitrogens with one attached hydrogen (secondary N) is 1. The van der Waals surface area contributed by atoms with Crippen LogP contribution in [0.1, 0.15) is 55.4 Å². The molecule has 0 aromatic heterocycles. The molecule has 132 valence electrons. The van der Waals surface area contributed by atoms with E-state index in [1.54, 1.807) is 0 Å². The van der Waals surface area contributed by atoms with Crippen molar-refractivity contribution in [3.05, 3.63) is 5.70 Å². The van der Waals surface area contributed by atoms with E-state index in [9.17, 15) is 4.79 Å². The molecule has 0 rings (SSSR count). The van der Waals surface area contributed by atoms with E-state index in [4.69, 9.17) is 0 Å². The van der Waals surface area contributed by atoms with Gasteiger partial charge >= 0.3 is 0 Å². The Balaban J connectivity index is 0. The first-order chi connectivity index (χ1) is 9.70. The topological polar surface area (TPSA) is 29.1 Å². The zero-order valence-corrected chi connectivity index (χ0v) is 19.1. The third-order valence-electron chi connectivity index (χ3n) is 3.83. The van der Waals surface area contributed by atoms with Crippen LogP contribution in [0.4, 0.5) is 0 Å². The zero-order chi connectivity index (χ0) is 16.6. The Morgan fingerprint density at radius 3 is 1.59 bits per heavy atom. The van der Waals surface area contributed by atoms with Crippen LogP contribution in [0.2, 0.25) is 0 Å². The third-order valence-corrected chi connectivity index (χ3v) is 10.6. The number of allylic oxidation sites excluding steroid dienone is 1. The summed E-state index contributed by atoms with van der Waals surface area (Å²) in [6.07, 6.45) is 2.09. The molecule has 0 bridgehead atoms. The van der Waals surface area contributed by atoms with Gasteiger partial charge in [-0.05, 0) is 28.8 Å². The number of hydrogen-bond donors (Lipinski definition) is 1. The standard InChI is InChI=1S/C17H35NOP2.Ru/c1-13(2)20(14(3)4)10-9-18-17(11-19)12-21(15(5)6)16(7)8;/h13-16,18H,9-10,12H2,1-8H3;. The Morgan fingerprint density at radius 2 is 1.27 bits per heavy atom. The van der Waals surface area contributed by atoms with Crippen LogP contribution >= 0.6 is 15.8 Å². The molecular weight excluding hydrogens is 397 g/mol. The van der Waals surface area contributed by atoms with Crippen molar-refractivity contribution in [2.45, 2.75) is 78.0 Å². The van der Waals surface area contributed by atoms with Gasteiger partial charge in [-0.3, -0.25) is 0 Å². The Kier molecular flexibility index (Phi) is 14.8. The summed E-state index contributed by atoms with van der Waals surface area (Å²) in [4.78, 5) is 11.2. The fraction of sp³-hybridized carbons (Fsp3) is 0.882. The van der Waals surface area contributed by atoms with Crippen LogP contribution in [0.3, 0.4) is 0 Å². The predicted octanol–water partition coefficient (Wildman–Crippen LogP) is 4.89. The smallest absolute Gasteiger partial charge is 0.145 e. The van der Waals surface area contributed by atoms with Crippen molar-refractivity contribution in [2.75, 3.05) is 18.9 Å². The fourth-order valence-corrected chi connectivity index (χ4v) is 7.78. The van der Waals surface area contributed by atoms with E-state index < -0.39 is 0 Å². The van der Waals surface area contributed by atoms with Crippen molar-refractivity contribution in [3.63, 3.8) is 0 Å². The molecule has 0 aromatic rings. The average molecular weight is 432 g/mol. The second kappa shape index (κ2) is 13.1. The minimum Gasteiger partial charge on any atom is -0.379 e. The van der Waals surface area contributed by atoms with E-state index in [0.29, 0.717) is 11.3 Å². The van der Waals surface area contributed by atoms with Gasteiger partial charge in [0.05, 0.1) is 0 Å². The predicted molar refractivity (Wildman–Crippen MR) is 101 cm³/mol. The molecule has 0 fully saturated rings. The van der Waals surface area contributed by atoms with Gasteiger partial charge in [-0.15, -0.1) is 0 Å². The van der Waals surface area contributed by atoms with Crippen LogP contribution < -0.4 is 5.32 Å². The molecule has 0 aliphatic carbocycles. The normalized spacial score (nSPS) is 11.5. The van der Waals surface area contributed by atoms with E-state index in [1.807, 2.05) is 0 Å². The van der Waals surface area contributed by atoms with Crippen LogP contribution in [-0.4, -0.2) is 47.4 Å². The summed E-state index contributed by atoms with van der Waals surface area (Å²) in [5.41, 5.74) is 3.64. The number of rotatable bonds is 10. The second-order valence-corrected chi connectivity index (χ2v) is 13.7. The Labute approximate surface area is 153 Å². The van der Waals surface area contributed by atoms with Crippen molar-refractivity contribution in [2.24, 2.45) is 0 Å². The summed E-state index contributed by atoms with van der Waals surface area (Å²) < 4.78 is 0. The van der Waals surface area contributed by atoms with Crippen molar-refractivity contribution in [1.29, 1.82) is 0 Å². The molecule has 0 atom stereocenters. The first-order valence-corrected chi connectivity index (χ1v) is 11.5.